The van der Waals surface area contributed by atoms with Crippen LogP contribution in [0, 0.1) is 17.3 Å². The molecule has 2 saturated carbocycles. The van der Waals surface area contributed by atoms with E-state index in [-0.39, 0.29) is 17.7 Å². The maximum Gasteiger partial charge on any atom is 0.416 e. The molecule has 10 heteroatoms. The Kier molecular flexibility index (Phi) is 8.64. The first-order valence-electron chi connectivity index (χ1n) is 12.9. The summed E-state index contributed by atoms with van der Waals surface area (Å²) in [5.41, 5.74) is -1.12. The van der Waals surface area contributed by atoms with E-state index in [9.17, 15) is 27.1 Å². The van der Waals surface area contributed by atoms with Gasteiger partial charge in [0.2, 0.25) is 0 Å². The highest BCUT2D eigenvalue weighted by molar-refractivity contribution is 5.98. The standard InChI is InChI=1S/C27H39F5N4O/c1-24(2,37)26(28,29)16-5-7-20-12-13-22-18(6-4-15-25(20,22)3)14-17-36(34)23(35-33)19-8-10-21(11-9-19)27(30,31)32/h8-11,14,20,22,37H,4-7,12-13,15-17,33-34H2,1-3H3/b18-14+,35-23-. The van der Waals surface area contributed by atoms with Crippen LogP contribution in [0.4, 0.5) is 22.0 Å². The van der Waals surface area contributed by atoms with Crippen LogP contribution in [0.25, 0.3) is 0 Å². The van der Waals surface area contributed by atoms with Crippen molar-refractivity contribution in [2.45, 2.75) is 89.8 Å². The lowest BCUT2D eigenvalue weighted by Crippen LogP contribution is -2.42. The molecule has 0 aromatic heterocycles. The molecule has 37 heavy (non-hydrogen) atoms. The number of rotatable bonds is 8. The molecule has 2 aliphatic carbocycles. The molecule has 0 bridgehead atoms. The SMILES string of the molecule is CC12CCC/C(=C\CN(N)/C(=N\N)c3ccc(C(F)(F)F)cc3)C1CCC2CCCC(F)(F)C(C)(C)O. The van der Waals surface area contributed by atoms with Crippen molar-refractivity contribution in [3.63, 3.8) is 0 Å². The quantitative estimate of drug-likeness (QED) is 0.0930. The summed E-state index contributed by atoms with van der Waals surface area (Å²) in [6.07, 6.45) is 3.27. The number of hydrogen-bond acceptors (Lipinski definition) is 4. The van der Waals surface area contributed by atoms with Crippen molar-refractivity contribution in [3.8, 4) is 0 Å². The minimum Gasteiger partial charge on any atom is -0.384 e. The van der Waals surface area contributed by atoms with Gasteiger partial charge in [0.15, 0.2) is 5.84 Å². The molecular formula is C27H39F5N4O. The number of benzene rings is 1. The van der Waals surface area contributed by atoms with Crippen LogP contribution in [0.2, 0.25) is 0 Å². The zero-order valence-electron chi connectivity index (χ0n) is 21.8. The Morgan fingerprint density at radius 3 is 2.38 bits per heavy atom. The molecule has 2 aliphatic rings. The number of alkyl halides is 5. The van der Waals surface area contributed by atoms with E-state index < -0.39 is 23.3 Å². The number of hydrazone groups is 1. The predicted molar refractivity (Wildman–Crippen MR) is 134 cm³/mol. The molecule has 1 aromatic carbocycles. The van der Waals surface area contributed by atoms with Gasteiger partial charge in [-0.15, -0.1) is 0 Å². The van der Waals surface area contributed by atoms with Gasteiger partial charge in [-0.1, -0.05) is 30.7 Å². The van der Waals surface area contributed by atoms with Gasteiger partial charge in [0.25, 0.3) is 5.92 Å². The van der Waals surface area contributed by atoms with Gasteiger partial charge < -0.3 is 10.9 Å². The topological polar surface area (TPSA) is 87.9 Å². The lowest BCUT2D eigenvalue weighted by molar-refractivity contribution is -0.166. The number of allylic oxidation sites excluding steroid dienone is 1. The molecule has 1 aromatic rings. The van der Waals surface area contributed by atoms with Gasteiger partial charge in [-0.25, -0.2) is 14.6 Å². The van der Waals surface area contributed by atoms with Crippen molar-refractivity contribution in [1.82, 2.24) is 5.01 Å². The molecule has 3 atom stereocenters. The Balaban J connectivity index is 1.65. The molecular weight excluding hydrogens is 491 g/mol. The molecule has 0 amide bonds. The van der Waals surface area contributed by atoms with E-state index in [2.05, 4.69) is 18.1 Å². The Labute approximate surface area is 215 Å². The molecule has 3 unspecified atom stereocenters. The summed E-state index contributed by atoms with van der Waals surface area (Å²) in [4.78, 5) is 0. The lowest BCUT2D eigenvalue weighted by Gasteiger charge is -2.43. The van der Waals surface area contributed by atoms with E-state index >= 15 is 0 Å². The Bertz CT molecular complexity index is 984. The molecule has 5 nitrogen and oxygen atoms in total. The second kappa shape index (κ2) is 10.9. The maximum absolute atomic E-state index is 14.2. The van der Waals surface area contributed by atoms with Gasteiger partial charge in [-0.2, -0.15) is 18.3 Å². The second-order valence-electron chi connectivity index (χ2n) is 11.3. The van der Waals surface area contributed by atoms with Gasteiger partial charge >= 0.3 is 6.18 Å². The summed E-state index contributed by atoms with van der Waals surface area (Å²) in [6.45, 7) is 4.85. The summed E-state index contributed by atoms with van der Waals surface area (Å²) < 4.78 is 67.1. The van der Waals surface area contributed by atoms with E-state index in [1.807, 2.05) is 0 Å². The van der Waals surface area contributed by atoms with Crippen LogP contribution in [-0.2, 0) is 6.18 Å². The second-order valence-corrected chi connectivity index (χ2v) is 11.3. The minimum atomic E-state index is -4.44. The first-order valence-corrected chi connectivity index (χ1v) is 12.9. The van der Waals surface area contributed by atoms with Gasteiger partial charge in [-0.3, -0.25) is 5.01 Å². The molecule has 0 spiro atoms. The largest absolute Gasteiger partial charge is 0.416 e. The van der Waals surface area contributed by atoms with E-state index in [4.69, 9.17) is 11.7 Å². The smallest absolute Gasteiger partial charge is 0.384 e. The van der Waals surface area contributed by atoms with Crippen LogP contribution >= 0.6 is 0 Å². The zero-order valence-corrected chi connectivity index (χ0v) is 21.8. The highest BCUT2D eigenvalue weighted by atomic mass is 19.4. The van der Waals surface area contributed by atoms with Crippen LogP contribution in [0.3, 0.4) is 0 Å². The van der Waals surface area contributed by atoms with Crippen molar-refractivity contribution in [2.24, 2.45) is 34.0 Å². The number of fused-ring (bicyclic) bond motifs is 1. The van der Waals surface area contributed by atoms with Crippen molar-refractivity contribution < 1.29 is 27.1 Å². The van der Waals surface area contributed by atoms with E-state index in [0.29, 0.717) is 36.8 Å². The Hall–Kier alpha value is -2.20. The van der Waals surface area contributed by atoms with Gasteiger partial charge in [0.1, 0.15) is 5.60 Å². The van der Waals surface area contributed by atoms with Gasteiger partial charge in [0.05, 0.1) is 12.1 Å². The number of aliphatic hydroxyl groups is 1. The highest BCUT2D eigenvalue weighted by Gasteiger charge is 2.50. The third-order valence-electron chi connectivity index (χ3n) is 8.51. The highest BCUT2D eigenvalue weighted by Crippen LogP contribution is 2.58. The zero-order chi connectivity index (χ0) is 27.6. The first kappa shape index (κ1) is 29.4. The normalized spacial score (nSPS) is 26.4. The molecule has 3 rings (SSSR count). The molecule has 0 aliphatic heterocycles. The fourth-order valence-corrected chi connectivity index (χ4v) is 6.17. The summed E-state index contributed by atoms with van der Waals surface area (Å²) in [5, 5.41) is 14.8. The number of hydrazine groups is 1. The summed E-state index contributed by atoms with van der Waals surface area (Å²) in [6, 6.07) is 4.52. The van der Waals surface area contributed by atoms with Crippen LogP contribution in [0.1, 0.15) is 83.3 Å². The number of halogens is 5. The summed E-state index contributed by atoms with van der Waals surface area (Å²) in [5.74, 6) is 9.45. The molecule has 0 saturated heterocycles. The van der Waals surface area contributed by atoms with Gasteiger partial charge in [0, 0.05) is 12.0 Å². The Morgan fingerprint density at radius 1 is 1.16 bits per heavy atom. The predicted octanol–water partition coefficient (Wildman–Crippen LogP) is 6.22. The van der Waals surface area contributed by atoms with E-state index in [1.54, 1.807) is 0 Å². The summed E-state index contributed by atoms with van der Waals surface area (Å²) in [7, 11) is 0. The van der Waals surface area contributed by atoms with Crippen molar-refractivity contribution in [2.75, 3.05) is 6.54 Å². The monoisotopic (exact) mass is 530 g/mol. The molecule has 2 fully saturated rings. The van der Waals surface area contributed by atoms with Crippen LogP contribution < -0.4 is 11.7 Å². The van der Waals surface area contributed by atoms with Crippen molar-refractivity contribution in [3.05, 3.63) is 47.0 Å². The van der Waals surface area contributed by atoms with E-state index in [1.165, 1.54) is 22.7 Å². The lowest BCUT2D eigenvalue weighted by atomic mass is 9.62. The summed E-state index contributed by atoms with van der Waals surface area (Å²) >= 11 is 0. The molecule has 208 valence electrons. The van der Waals surface area contributed by atoms with Gasteiger partial charge in [-0.05, 0) is 88.2 Å². The molecule has 5 N–H and O–H groups in total. The van der Waals surface area contributed by atoms with Crippen LogP contribution in [0.5, 0.6) is 0 Å². The third kappa shape index (κ3) is 6.45. The molecule has 0 heterocycles. The minimum absolute atomic E-state index is 0.0196. The first-order chi connectivity index (χ1) is 17.1. The Morgan fingerprint density at radius 2 is 1.81 bits per heavy atom. The molecule has 0 radical (unpaired) electrons. The number of hydrogen-bond donors (Lipinski definition) is 3. The average Bonchev–Trinajstić information content (AvgIpc) is 3.13. The average molecular weight is 531 g/mol. The number of amidine groups is 1. The fraction of sp³-hybridized carbons (Fsp3) is 0.667. The third-order valence-corrected chi connectivity index (χ3v) is 8.51. The number of nitrogens with zero attached hydrogens (tertiary/aromatic N) is 2. The maximum atomic E-state index is 14.2. The van der Waals surface area contributed by atoms with E-state index in [0.717, 1.165) is 58.1 Å². The van der Waals surface area contributed by atoms with Crippen LogP contribution in [-0.4, -0.2) is 34.0 Å². The number of nitrogens with two attached hydrogens (primary N) is 2. The van der Waals surface area contributed by atoms with Crippen molar-refractivity contribution in [1.29, 1.82) is 0 Å². The van der Waals surface area contributed by atoms with Crippen molar-refractivity contribution >= 4 is 5.84 Å². The fourth-order valence-electron chi connectivity index (χ4n) is 6.17. The van der Waals surface area contributed by atoms with Crippen LogP contribution in [0.15, 0.2) is 41.0 Å².